The fourth-order valence-corrected chi connectivity index (χ4v) is 10.4. The van der Waals surface area contributed by atoms with Gasteiger partial charge in [0, 0.05) is 63.5 Å². The monoisotopic (exact) mass is 754 g/mol. The van der Waals surface area contributed by atoms with Crippen molar-refractivity contribution in [3.8, 4) is 5.75 Å². The summed E-state index contributed by atoms with van der Waals surface area (Å²) in [4.78, 5) is 21.0. The summed E-state index contributed by atoms with van der Waals surface area (Å²) in [6.45, 7) is 12.4. The van der Waals surface area contributed by atoms with Crippen molar-refractivity contribution in [3.63, 3.8) is 0 Å². The average molecular weight is 755 g/mol. The van der Waals surface area contributed by atoms with Crippen molar-refractivity contribution in [3.05, 3.63) is 70.3 Å². The van der Waals surface area contributed by atoms with E-state index in [-0.39, 0.29) is 23.5 Å². The Morgan fingerprint density at radius 2 is 1.81 bits per heavy atom. The maximum atomic E-state index is 13.5. The number of carbonyl (C=O) groups excluding carboxylic acids is 1. The second kappa shape index (κ2) is 16.0. The lowest BCUT2D eigenvalue weighted by Gasteiger charge is -2.52. The van der Waals surface area contributed by atoms with Crippen LogP contribution in [0, 0.1) is 23.7 Å². The van der Waals surface area contributed by atoms with Gasteiger partial charge >= 0.3 is 0 Å². The van der Waals surface area contributed by atoms with E-state index in [1.807, 2.05) is 44.4 Å². The van der Waals surface area contributed by atoms with Gasteiger partial charge in [-0.15, -0.1) is 0 Å². The van der Waals surface area contributed by atoms with Gasteiger partial charge in [-0.3, -0.25) is 14.6 Å². The Morgan fingerprint density at radius 1 is 1.00 bits per heavy atom. The van der Waals surface area contributed by atoms with Gasteiger partial charge in [0.1, 0.15) is 18.0 Å². The second-order valence-corrected chi connectivity index (χ2v) is 18.0. The zero-order valence-electron chi connectivity index (χ0n) is 30.9. The SMILES string of the molecule is CO[C@]1(CN2CCN(C3COC3)CC2)/C=C/[C@H](C)[C@H](C)CS(=O)(=O)NC(=O)c2ccc3c(c2)N(CCCCc2cc(Cl)ccc2CO3)C[C@@H]2CC[C@H]21. The Labute approximate surface area is 314 Å². The van der Waals surface area contributed by atoms with Crippen LogP contribution in [0.3, 0.4) is 0 Å². The molecule has 5 aliphatic rings. The number of rotatable bonds is 4. The molecule has 5 atom stereocenters. The van der Waals surface area contributed by atoms with Crippen LogP contribution in [-0.4, -0.2) is 108 Å². The van der Waals surface area contributed by atoms with Crippen LogP contribution in [0.5, 0.6) is 5.75 Å². The maximum absolute atomic E-state index is 13.5. The van der Waals surface area contributed by atoms with E-state index in [4.69, 9.17) is 25.8 Å². The molecule has 0 unspecified atom stereocenters. The number of anilines is 1. The fourth-order valence-electron chi connectivity index (χ4n) is 8.69. The second-order valence-electron chi connectivity index (χ2n) is 15.8. The lowest BCUT2D eigenvalue weighted by Crippen LogP contribution is -2.61. The van der Waals surface area contributed by atoms with E-state index < -0.39 is 21.5 Å². The van der Waals surface area contributed by atoms with Crippen molar-refractivity contribution in [2.24, 2.45) is 23.7 Å². The lowest BCUT2D eigenvalue weighted by molar-refractivity contribution is -0.107. The van der Waals surface area contributed by atoms with Gasteiger partial charge in [-0.25, -0.2) is 13.1 Å². The van der Waals surface area contributed by atoms with Crippen LogP contribution in [0.15, 0.2) is 48.6 Å². The number of amides is 1. The molecule has 2 aromatic carbocycles. The summed E-state index contributed by atoms with van der Waals surface area (Å²) in [5, 5.41) is 0.718. The molecule has 3 fully saturated rings. The number of carbonyl (C=O) groups is 1. The van der Waals surface area contributed by atoms with Gasteiger partial charge in [-0.1, -0.05) is 43.7 Å². The number of hydrogen-bond acceptors (Lipinski definition) is 9. The number of allylic oxidation sites excluding steroid dienone is 1. The van der Waals surface area contributed by atoms with Gasteiger partial charge in [0.25, 0.3) is 5.91 Å². The molecule has 0 radical (unpaired) electrons. The summed E-state index contributed by atoms with van der Waals surface area (Å²) in [6, 6.07) is 11.8. The summed E-state index contributed by atoms with van der Waals surface area (Å²) in [5.74, 6) is 0.252. The molecular weight excluding hydrogens is 700 g/mol. The van der Waals surface area contributed by atoms with Crippen LogP contribution in [0.2, 0.25) is 5.02 Å². The molecule has 10 nitrogen and oxygen atoms in total. The molecule has 4 heterocycles. The first-order valence-electron chi connectivity index (χ1n) is 19.1. The smallest absolute Gasteiger partial charge is 0.264 e. The average Bonchev–Trinajstić information content (AvgIpc) is 3.11. The van der Waals surface area contributed by atoms with E-state index >= 15 is 0 Å². The van der Waals surface area contributed by atoms with Gasteiger partial charge in [-0.2, -0.15) is 0 Å². The number of halogens is 1. The highest BCUT2D eigenvalue weighted by Gasteiger charge is 2.48. The quantitative estimate of drug-likeness (QED) is 0.412. The van der Waals surface area contributed by atoms with Crippen molar-refractivity contribution in [1.29, 1.82) is 0 Å². The number of nitrogens with zero attached hydrogens (tertiary/aromatic N) is 3. The van der Waals surface area contributed by atoms with E-state index in [1.54, 1.807) is 6.07 Å². The van der Waals surface area contributed by atoms with E-state index in [9.17, 15) is 13.2 Å². The highest BCUT2D eigenvalue weighted by atomic mass is 35.5. The van der Waals surface area contributed by atoms with Crippen LogP contribution in [0.1, 0.15) is 61.0 Å². The minimum Gasteiger partial charge on any atom is -0.487 e. The Kier molecular flexibility index (Phi) is 11.6. The lowest BCUT2D eigenvalue weighted by atomic mass is 9.63. The van der Waals surface area contributed by atoms with Crippen molar-refractivity contribution in [1.82, 2.24) is 14.5 Å². The molecular formula is C40H55ClN4O6S. The standard InChI is InChI=1S/C40H55ClN4O6S/c1-28-13-14-40(49-3,27-43-16-18-44(19-17-43)35-24-50-25-35)36-11-8-32(36)22-45-15-5-4-6-30-20-34(41)10-7-33(30)23-51-38-12-9-31(21-37(38)45)39(46)42-52(47,48)26-29(28)2/h7,9-10,12-14,20-21,28-29,32,35-36H,4-6,8,11,15-19,22-27H2,1-3H3,(H,42,46)/b14-13+/t28-,29+,32-,36+,40-/m0/s1. The number of aryl methyl sites for hydroxylation is 1. The first kappa shape index (κ1) is 37.6. The minimum absolute atomic E-state index is 0.0453. The molecule has 284 valence electrons. The Bertz CT molecular complexity index is 1730. The van der Waals surface area contributed by atoms with Crippen molar-refractivity contribution >= 4 is 33.2 Å². The van der Waals surface area contributed by atoms with Crippen LogP contribution in [0.25, 0.3) is 0 Å². The number of ether oxygens (including phenoxy) is 3. The molecule has 2 saturated heterocycles. The van der Waals surface area contributed by atoms with E-state index in [1.165, 1.54) is 5.56 Å². The molecule has 2 aromatic rings. The van der Waals surface area contributed by atoms with E-state index in [2.05, 4.69) is 38.5 Å². The summed E-state index contributed by atoms with van der Waals surface area (Å²) in [6.07, 6.45) is 9.38. The van der Waals surface area contributed by atoms with Crippen LogP contribution in [0.4, 0.5) is 5.69 Å². The molecule has 0 aromatic heterocycles. The predicted octanol–water partition coefficient (Wildman–Crippen LogP) is 5.39. The number of hydrogen-bond donors (Lipinski definition) is 1. The molecule has 1 N–H and O–H groups in total. The molecule has 2 bridgehead atoms. The number of methoxy groups -OCH3 is 1. The van der Waals surface area contributed by atoms with Crippen LogP contribution in [-0.2, 0) is 32.5 Å². The number of sulfonamides is 1. The number of piperazine rings is 1. The molecule has 7 rings (SSSR count). The Morgan fingerprint density at radius 3 is 2.52 bits per heavy atom. The molecule has 12 heteroatoms. The van der Waals surface area contributed by atoms with E-state index in [0.717, 1.165) is 107 Å². The number of nitrogens with one attached hydrogen (secondary N) is 1. The molecule has 1 amide bonds. The topological polar surface area (TPSA) is 101 Å². The molecule has 52 heavy (non-hydrogen) atoms. The first-order valence-corrected chi connectivity index (χ1v) is 21.2. The van der Waals surface area contributed by atoms with Gasteiger partial charge in [0.2, 0.25) is 10.0 Å². The van der Waals surface area contributed by atoms with E-state index in [0.29, 0.717) is 29.9 Å². The van der Waals surface area contributed by atoms with Gasteiger partial charge in [-0.05, 0) is 97.2 Å². The number of benzene rings is 2. The molecule has 4 aliphatic heterocycles. The Hall–Kier alpha value is -2.67. The molecule has 1 saturated carbocycles. The summed E-state index contributed by atoms with van der Waals surface area (Å²) in [5.41, 5.74) is 2.87. The highest BCUT2D eigenvalue weighted by Crippen LogP contribution is 2.47. The maximum Gasteiger partial charge on any atom is 0.264 e. The number of fused-ring (bicyclic) bond motifs is 3. The van der Waals surface area contributed by atoms with Gasteiger partial charge in [0.15, 0.2) is 0 Å². The van der Waals surface area contributed by atoms with Crippen LogP contribution >= 0.6 is 11.6 Å². The van der Waals surface area contributed by atoms with Crippen LogP contribution < -0.4 is 14.4 Å². The van der Waals surface area contributed by atoms with Gasteiger partial charge < -0.3 is 19.1 Å². The normalized spacial score (nSPS) is 31.4. The van der Waals surface area contributed by atoms with Gasteiger partial charge in [0.05, 0.1) is 30.7 Å². The highest BCUT2D eigenvalue weighted by molar-refractivity contribution is 7.90. The minimum atomic E-state index is -3.91. The fraction of sp³-hybridized carbons (Fsp3) is 0.625. The predicted molar refractivity (Wildman–Crippen MR) is 205 cm³/mol. The molecule has 0 spiro atoms. The molecule has 1 aliphatic carbocycles. The Balaban J connectivity index is 1.23. The zero-order chi connectivity index (χ0) is 36.5. The summed E-state index contributed by atoms with van der Waals surface area (Å²) < 4.78 is 47.8. The van der Waals surface area contributed by atoms with Crippen molar-refractivity contribution < 1.29 is 27.4 Å². The third-order valence-electron chi connectivity index (χ3n) is 12.4. The van der Waals surface area contributed by atoms with Crippen molar-refractivity contribution in [2.45, 2.75) is 64.2 Å². The first-order chi connectivity index (χ1) is 25.0. The van der Waals surface area contributed by atoms with Crippen molar-refractivity contribution in [2.75, 3.05) is 76.8 Å². The third kappa shape index (κ3) is 8.35. The summed E-state index contributed by atoms with van der Waals surface area (Å²) in [7, 11) is -2.06. The third-order valence-corrected chi connectivity index (χ3v) is 14.1. The zero-order valence-corrected chi connectivity index (χ0v) is 32.5. The summed E-state index contributed by atoms with van der Waals surface area (Å²) >= 11 is 6.40. The largest absolute Gasteiger partial charge is 0.487 e.